The first kappa shape index (κ1) is 12.6. The highest BCUT2D eigenvalue weighted by Crippen LogP contribution is 2.28. The van der Waals surface area contributed by atoms with Crippen molar-refractivity contribution >= 4 is 15.9 Å². The molecule has 0 saturated carbocycles. The van der Waals surface area contributed by atoms with Crippen molar-refractivity contribution in [3.05, 3.63) is 33.8 Å². The Labute approximate surface area is 118 Å². The van der Waals surface area contributed by atoms with Crippen molar-refractivity contribution in [1.29, 1.82) is 0 Å². The SMILES string of the molecule is CCN(C1CNC1)C1CCc2cc(Br)ccc2C1. The third-order valence-corrected chi connectivity index (χ3v) is 4.93. The number of nitrogens with one attached hydrogen (secondary N) is 1. The van der Waals surface area contributed by atoms with E-state index in [1.165, 1.54) is 43.4 Å². The second-order valence-corrected chi connectivity index (χ2v) is 6.37. The molecule has 0 amide bonds. The average molecular weight is 309 g/mol. The molecule has 2 nitrogen and oxygen atoms in total. The van der Waals surface area contributed by atoms with Crippen LogP contribution in [0.3, 0.4) is 0 Å². The molecule has 1 aliphatic heterocycles. The highest BCUT2D eigenvalue weighted by atomic mass is 79.9. The van der Waals surface area contributed by atoms with Gasteiger partial charge in [0.15, 0.2) is 0 Å². The van der Waals surface area contributed by atoms with Crippen molar-refractivity contribution < 1.29 is 0 Å². The van der Waals surface area contributed by atoms with Gasteiger partial charge in [0.05, 0.1) is 0 Å². The van der Waals surface area contributed by atoms with E-state index in [9.17, 15) is 0 Å². The Morgan fingerprint density at radius 1 is 1.28 bits per heavy atom. The smallest absolute Gasteiger partial charge is 0.0348 e. The van der Waals surface area contributed by atoms with Crippen LogP contribution in [-0.4, -0.2) is 36.6 Å². The van der Waals surface area contributed by atoms with Crippen molar-refractivity contribution in [1.82, 2.24) is 10.2 Å². The molecule has 1 aromatic carbocycles. The number of benzene rings is 1. The Kier molecular flexibility index (Phi) is 3.73. The van der Waals surface area contributed by atoms with Crippen LogP contribution >= 0.6 is 15.9 Å². The van der Waals surface area contributed by atoms with Gasteiger partial charge >= 0.3 is 0 Å². The molecular weight excluding hydrogens is 288 g/mol. The Bertz CT molecular complexity index is 429. The van der Waals surface area contributed by atoms with Crippen molar-refractivity contribution in [2.24, 2.45) is 0 Å². The van der Waals surface area contributed by atoms with Gasteiger partial charge in [0.2, 0.25) is 0 Å². The Balaban J connectivity index is 1.75. The summed E-state index contributed by atoms with van der Waals surface area (Å²) in [6.45, 7) is 5.84. The number of hydrogen-bond donors (Lipinski definition) is 1. The monoisotopic (exact) mass is 308 g/mol. The van der Waals surface area contributed by atoms with Crippen molar-refractivity contribution in [3.8, 4) is 0 Å². The molecule has 1 saturated heterocycles. The molecule has 18 heavy (non-hydrogen) atoms. The molecular formula is C15H21BrN2. The van der Waals surface area contributed by atoms with Crippen LogP contribution in [0.5, 0.6) is 0 Å². The zero-order chi connectivity index (χ0) is 12.5. The van der Waals surface area contributed by atoms with E-state index in [1.54, 1.807) is 11.1 Å². The van der Waals surface area contributed by atoms with E-state index in [2.05, 4.69) is 51.3 Å². The fraction of sp³-hybridized carbons (Fsp3) is 0.600. The predicted octanol–water partition coefficient (Wildman–Crippen LogP) is 2.60. The van der Waals surface area contributed by atoms with Gasteiger partial charge in [0.1, 0.15) is 0 Å². The molecule has 1 aliphatic carbocycles. The zero-order valence-electron chi connectivity index (χ0n) is 11.0. The summed E-state index contributed by atoms with van der Waals surface area (Å²) in [5.74, 6) is 0. The standard InChI is InChI=1S/C15H21BrN2/c1-2-18(15-9-17-10-15)14-6-4-11-7-13(16)5-3-12(11)8-14/h3,5,7,14-15,17H,2,4,6,8-10H2,1H3. The van der Waals surface area contributed by atoms with E-state index in [-0.39, 0.29) is 0 Å². The van der Waals surface area contributed by atoms with Crippen molar-refractivity contribution in [2.75, 3.05) is 19.6 Å². The number of halogens is 1. The second kappa shape index (κ2) is 5.32. The van der Waals surface area contributed by atoms with Gasteiger partial charge in [-0.2, -0.15) is 0 Å². The summed E-state index contributed by atoms with van der Waals surface area (Å²) in [7, 11) is 0. The van der Waals surface area contributed by atoms with Gasteiger partial charge in [-0.3, -0.25) is 4.90 Å². The molecule has 1 N–H and O–H groups in total. The summed E-state index contributed by atoms with van der Waals surface area (Å²) in [4.78, 5) is 2.71. The highest BCUT2D eigenvalue weighted by molar-refractivity contribution is 9.10. The van der Waals surface area contributed by atoms with Gasteiger partial charge in [-0.05, 0) is 49.1 Å². The zero-order valence-corrected chi connectivity index (χ0v) is 12.5. The number of fused-ring (bicyclic) bond motifs is 1. The van der Waals surface area contributed by atoms with Gasteiger partial charge in [-0.25, -0.2) is 0 Å². The van der Waals surface area contributed by atoms with E-state index in [0.717, 1.165) is 12.1 Å². The molecule has 1 heterocycles. The minimum absolute atomic E-state index is 0.746. The summed E-state index contributed by atoms with van der Waals surface area (Å²) in [5.41, 5.74) is 3.10. The third-order valence-electron chi connectivity index (χ3n) is 4.43. The van der Waals surface area contributed by atoms with E-state index in [4.69, 9.17) is 0 Å². The lowest BCUT2D eigenvalue weighted by molar-refractivity contribution is 0.0925. The molecule has 1 aromatic rings. The molecule has 1 fully saturated rings. The van der Waals surface area contributed by atoms with Gasteiger partial charge in [-0.15, -0.1) is 0 Å². The summed E-state index contributed by atoms with van der Waals surface area (Å²) in [6.07, 6.45) is 3.77. The van der Waals surface area contributed by atoms with E-state index in [1.807, 2.05) is 0 Å². The summed E-state index contributed by atoms with van der Waals surface area (Å²) in [5, 5.41) is 3.39. The number of aryl methyl sites for hydroxylation is 1. The molecule has 2 aliphatic rings. The molecule has 1 unspecified atom stereocenters. The average Bonchev–Trinajstić information content (AvgIpc) is 2.33. The van der Waals surface area contributed by atoms with Crippen molar-refractivity contribution in [2.45, 2.75) is 38.3 Å². The lowest BCUT2D eigenvalue weighted by Crippen LogP contribution is -2.60. The second-order valence-electron chi connectivity index (χ2n) is 5.45. The molecule has 1 atom stereocenters. The van der Waals surface area contributed by atoms with Crippen molar-refractivity contribution in [3.63, 3.8) is 0 Å². The lowest BCUT2D eigenvalue weighted by Gasteiger charge is -2.44. The van der Waals surface area contributed by atoms with Crippen LogP contribution in [0.15, 0.2) is 22.7 Å². The molecule has 3 heteroatoms. The minimum atomic E-state index is 0.746. The molecule has 0 spiro atoms. The van der Waals surface area contributed by atoms with Gasteiger partial charge in [0.25, 0.3) is 0 Å². The fourth-order valence-electron chi connectivity index (χ4n) is 3.31. The Morgan fingerprint density at radius 3 is 2.78 bits per heavy atom. The fourth-order valence-corrected chi connectivity index (χ4v) is 3.72. The first-order valence-electron chi connectivity index (χ1n) is 7.01. The number of hydrogen-bond acceptors (Lipinski definition) is 2. The normalized spacial score (nSPS) is 23.8. The topological polar surface area (TPSA) is 15.3 Å². The minimum Gasteiger partial charge on any atom is -0.314 e. The van der Waals surface area contributed by atoms with E-state index in [0.29, 0.717) is 0 Å². The van der Waals surface area contributed by atoms with E-state index < -0.39 is 0 Å². The Morgan fingerprint density at radius 2 is 2.11 bits per heavy atom. The molecule has 3 rings (SSSR count). The number of rotatable bonds is 3. The predicted molar refractivity (Wildman–Crippen MR) is 79.0 cm³/mol. The van der Waals surface area contributed by atoms with Crippen LogP contribution in [0.1, 0.15) is 24.5 Å². The van der Waals surface area contributed by atoms with Crippen LogP contribution in [0, 0.1) is 0 Å². The third kappa shape index (κ3) is 2.36. The van der Waals surface area contributed by atoms with Crippen LogP contribution in [0.2, 0.25) is 0 Å². The Hall–Kier alpha value is -0.380. The number of likely N-dealkylation sites (N-methyl/N-ethyl adjacent to an activating group) is 1. The highest BCUT2D eigenvalue weighted by Gasteiger charge is 2.31. The van der Waals surface area contributed by atoms with Gasteiger partial charge in [0, 0.05) is 29.6 Å². The largest absolute Gasteiger partial charge is 0.314 e. The van der Waals surface area contributed by atoms with Gasteiger partial charge < -0.3 is 5.32 Å². The van der Waals surface area contributed by atoms with Crippen LogP contribution in [0.4, 0.5) is 0 Å². The summed E-state index contributed by atoms with van der Waals surface area (Å²) < 4.78 is 1.22. The molecule has 0 radical (unpaired) electrons. The summed E-state index contributed by atoms with van der Waals surface area (Å²) in [6, 6.07) is 8.31. The first-order valence-corrected chi connectivity index (χ1v) is 7.81. The molecule has 0 aromatic heterocycles. The van der Waals surface area contributed by atoms with Gasteiger partial charge in [-0.1, -0.05) is 28.9 Å². The van der Waals surface area contributed by atoms with E-state index >= 15 is 0 Å². The maximum atomic E-state index is 3.57. The first-order chi connectivity index (χ1) is 8.78. The lowest BCUT2D eigenvalue weighted by atomic mass is 9.86. The van der Waals surface area contributed by atoms with Crippen LogP contribution in [0.25, 0.3) is 0 Å². The molecule has 98 valence electrons. The molecule has 0 bridgehead atoms. The quantitative estimate of drug-likeness (QED) is 0.923. The maximum absolute atomic E-state index is 3.57. The van der Waals surface area contributed by atoms with Crippen LogP contribution < -0.4 is 5.32 Å². The maximum Gasteiger partial charge on any atom is 0.0348 e. The number of nitrogens with zero attached hydrogens (tertiary/aromatic N) is 1. The van der Waals surface area contributed by atoms with Crippen LogP contribution in [-0.2, 0) is 12.8 Å². The summed E-state index contributed by atoms with van der Waals surface area (Å²) >= 11 is 3.57.